The number of rotatable bonds is 4. The molecular weight excluding hydrogens is 184 g/mol. The van der Waals surface area contributed by atoms with Crippen molar-refractivity contribution >= 4 is 0 Å². The molecule has 0 aliphatic heterocycles. The van der Waals surface area contributed by atoms with Crippen LogP contribution in [0.2, 0.25) is 0 Å². The molecule has 1 unspecified atom stereocenters. The lowest BCUT2D eigenvalue weighted by molar-refractivity contribution is 0.323. The summed E-state index contributed by atoms with van der Waals surface area (Å²) in [5.74, 6) is 0.787. The van der Waals surface area contributed by atoms with E-state index in [4.69, 9.17) is 5.26 Å². The zero-order chi connectivity index (χ0) is 11.1. The highest BCUT2D eigenvalue weighted by Gasteiger charge is 2.20. The summed E-state index contributed by atoms with van der Waals surface area (Å²) < 4.78 is 0. The van der Waals surface area contributed by atoms with Crippen molar-refractivity contribution < 1.29 is 0 Å². The van der Waals surface area contributed by atoms with Crippen molar-refractivity contribution in [2.75, 3.05) is 0 Å². The van der Waals surface area contributed by atoms with E-state index in [2.05, 4.69) is 25.2 Å². The summed E-state index contributed by atoms with van der Waals surface area (Å²) in [5.41, 5.74) is 0. The van der Waals surface area contributed by atoms with Gasteiger partial charge in [0.2, 0.25) is 0 Å². The SMILES string of the molecule is CCC(C#N)N[C@H](C)C1CCCCCC1. The standard InChI is InChI=1S/C13H24N2/c1-3-13(10-14)15-11(2)12-8-6-4-5-7-9-12/h11-13,15H,3-9H2,1-2H3/t11-,13?/m1/s1. The molecule has 0 heterocycles. The van der Waals surface area contributed by atoms with Crippen molar-refractivity contribution in [3.05, 3.63) is 0 Å². The van der Waals surface area contributed by atoms with Gasteiger partial charge in [0.1, 0.15) is 0 Å². The monoisotopic (exact) mass is 208 g/mol. The molecule has 1 saturated carbocycles. The van der Waals surface area contributed by atoms with Crippen LogP contribution in [0.3, 0.4) is 0 Å². The average Bonchev–Trinajstić information content (AvgIpc) is 2.54. The Morgan fingerprint density at radius 3 is 2.33 bits per heavy atom. The van der Waals surface area contributed by atoms with Crippen LogP contribution in [-0.2, 0) is 0 Å². The van der Waals surface area contributed by atoms with Gasteiger partial charge in [0.05, 0.1) is 12.1 Å². The van der Waals surface area contributed by atoms with E-state index in [-0.39, 0.29) is 6.04 Å². The molecule has 2 atom stereocenters. The lowest BCUT2D eigenvalue weighted by atomic mass is 9.92. The van der Waals surface area contributed by atoms with Crippen LogP contribution in [-0.4, -0.2) is 12.1 Å². The second-order valence-electron chi connectivity index (χ2n) is 4.80. The van der Waals surface area contributed by atoms with Crippen LogP contribution in [0.4, 0.5) is 0 Å². The number of hydrogen-bond acceptors (Lipinski definition) is 2. The first-order chi connectivity index (χ1) is 7.27. The van der Waals surface area contributed by atoms with Gasteiger partial charge in [-0.25, -0.2) is 0 Å². The van der Waals surface area contributed by atoms with Crippen molar-refractivity contribution in [3.63, 3.8) is 0 Å². The van der Waals surface area contributed by atoms with Gasteiger partial charge in [-0.15, -0.1) is 0 Å². The summed E-state index contributed by atoms with van der Waals surface area (Å²) in [6.07, 6.45) is 9.15. The Hall–Kier alpha value is -0.550. The molecule has 0 radical (unpaired) electrons. The lowest BCUT2D eigenvalue weighted by Crippen LogP contribution is -2.39. The molecule has 1 fully saturated rings. The molecular formula is C13H24N2. The van der Waals surface area contributed by atoms with Gasteiger partial charge in [-0.3, -0.25) is 5.32 Å². The fourth-order valence-corrected chi connectivity index (χ4v) is 2.51. The molecule has 1 aliphatic rings. The Bertz CT molecular complexity index is 199. The number of hydrogen-bond donors (Lipinski definition) is 1. The predicted octanol–water partition coefficient (Wildman–Crippen LogP) is 3.24. The largest absolute Gasteiger partial charge is 0.299 e. The number of nitrogens with one attached hydrogen (secondary N) is 1. The van der Waals surface area contributed by atoms with Gasteiger partial charge in [-0.05, 0) is 32.1 Å². The first-order valence-corrected chi connectivity index (χ1v) is 6.43. The molecule has 1 rings (SSSR count). The Morgan fingerprint density at radius 1 is 1.27 bits per heavy atom. The van der Waals surface area contributed by atoms with E-state index in [1.54, 1.807) is 0 Å². The topological polar surface area (TPSA) is 35.8 Å². The molecule has 0 saturated heterocycles. The van der Waals surface area contributed by atoms with Crippen molar-refractivity contribution in [2.45, 2.75) is 70.9 Å². The van der Waals surface area contributed by atoms with E-state index >= 15 is 0 Å². The smallest absolute Gasteiger partial charge is 0.0952 e. The minimum absolute atomic E-state index is 0.0447. The molecule has 1 aliphatic carbocycles. The maximum absolute atomic E-state index is 8.92. The summed E-state index contributed by atoms with van der Waals surface area (Å²) in [6.45, 7) is 4.32. The van der Waals surface area contributed by atoms with E-state index in [0.29, 0.717) is 6.04 Å². The van der Waals surface area contributed by atoms with E-state index in [9.17, 15) is 0 Å². The zero-order valence-electron chi connectivity index (χ0n) is 10.1. The van der Waals surface area contributed by atoms with Gasteiger partial charge in [0, 0.05) is 6.04 Å². The van der Waals surface area contributed by atoms with Gasteiger partial charge in [0.15, 0.2) is 0 Å². The summed E-state index contributed by atoms with van der Waals surface area (Å²) in [5, 5.41) is 12.4. The summed E-state index contributed by atoms with van der Waals surface area (Å²) >= 11 is 0. The molecule has 0 aromatic rings. The third-order valence-electron chi connectivity index (χ3n) is 3.64. The highest BCUT2D eigenvalue weighted by atomic mass is 14.9. The van der Waals surface area contributed by atoms with Crippen LogP contribution in [0.1, 0.15) is 58.8 Å². The summed E-state index contributed by atoms with van der Waals surface area (Å²) in [4.78, 5) is 0. The number of nitriles is 1. The minimum Gasteiger partial charge on any atom is -0.299 e. The Morgan fingerprint density at radius 2 is 1.87 bits per heavy atom. The van der Waals surface area contributed by atoms with Crippen LogP contribution < -0.4 is 5.32 Å². The Balaban J connectivity index is 2.37. The maximum atomic E-state index is 8.92. The molecule has 0 aromatic carbocycles. The second-order valence-corrected chi connectivity index (χ2v) is 4.80. The highest BCUT2D eigenvalue weighted by molar-refractivity contribution is 4.91. The molecule has 1 N–H and O–H groups in total. The van der Waals surface area contributed by atoms with Crippen LogP contribution in [0.15, 0.2) is 0 Å². The van der Waals surface area contributed by atoms with E-state index in [1.165, 1.54) is 38.5 Å². The summed E-state index contributed by atoms with van der Waals surface area (Å²) in [7, 11) is 0. The van der Waals surface area contributed by atoms with Crippen molar-refractivity contribution in [1.29, 1.82) is 5.26 Å². The Kier molecular flexibility index (Phi) is 5.71. The molecule has 2 nitrogen and oxygen atoms in total. The van der Waals surface area contributed by atoms with Crippen molar-refractivity contribution in [2.24, 2.45) is 5.92 Å². The predicted molar refractivity (Wildman–Crippen MR) is 63.5 cm³/mol. The average molecular weight is 208 g/mol. The third-order valence-corrected chi connectivity index (χ3v) is 3.64. The molecule has 15 heavy (non-hydrogen) atoms. The fraction of sp³-hybridized carbons (Fsp3) is 0.923. The van der Waals surface area contributed by atoms with E-state index in [0.717, 1.165) is 12.3 Å². The molecule has 0 spiro atoms. The molecule has 0 bridgehead atoms. The maximum Gasteiger partial charge on any atom is 0.0952 e. The van der Waals surface area contributed by atoms with Crippen LogP contribution >= 0.6 is 0 Å². The minimum atomic E-state index is 0.0447. The van der Waals surface area contributed by atoms with Crippen LogP contribution in [0, 0.1) is 17.2 Å². The van der Waals surface area contributed by atoms with Crippen molar-refractivity contribution in [3.8, 4) is 6.07 Å². The summed E-state index contributed by atoms with van der Waals surface area (Å²) in [6, 6.07) is 2.88. The zero-order valence-corrected chi connectivity index (χ0v) is 10.1. The van der Waals surface area contributed by atoms with Gasteiger partial charge in [-0.1, -0.05) is 32.6 Å². The van der Waals surface area contributed by atoms with Crippen molar-refractivity contribution in [1.82, 2.24) is 5.32 Å². The molecule has 86 valence electrons. The number of nitrogens with zero attached hydrogens (tertiary/aromatic N) is 1. The van der Waals surface area contributed by atoms with Crippen LogP contribution in [0.25, 0.3) is 0 Å². The van der Waals surface area contributed by atoms with Gasteiger partial charge in [-0.2, -0.15) is 5.26 Å². The molecule has 0 amide bonds. The quantitative estimate of drug-likeness (QED) is 0.720. The highest BCUT2D eigenvalue weighted by Crippen LogP contribution is 2.25. The first-order valence-electron chi connectivity index (χ1n) is 6.43. The lowest BCUT2D eigenvalue weighted by Gasteiger charge is -2.25. The molecule has 0 aromatic heterocycles. The van der Waals surface area contributed by atoms with Gasteiger partial charge in [0.25, 0.3) is 0 Å². The third kappa shape index (κ3) is 4.22. The van der Waals surface area contributed by atoms with Crippen LogP contribution in [0.5, 0.6) is 0 Å². The van der Waals surface area contributed by atoms with E-state index < -0.39 is 0 Å². The first kappa shape index (κ1) is 12.5. The van der Waals surface area contributed by atoms with Gasteiger partial charge < -0.3 is 0 Å². The molecule has 2 heteroatoms. The van der Waals surface area contributed by atoms with E-state index in [1.807, 2.05) is 0 Å². The normalized spacial score (nSPS) is 22.7. The second kappa shape index (κ2) is 6.85. The van der Waals surface area contributed by atoms with Gasteiger partial charge >= 0.3 is 0 Å². The Labute approximate surface area is 94.1 Å². The fourth-order valence-electron chi connectivity index (χ4n) is 2.51.